The molecule has 0 amide bonds. The lowest BCUT2D eigenvalue weighted by atomic mass is 9.97. The van der Waals surface area contributed by atoms with Gasteiger partial charge in [-0.05, 0) is 24.1 Å². The van der Waals surface area contributed by atoms with E-state index in [0.717, 1.165) is 0 Å². The third-order valence-corrected chi connectivity index (χ3v) is 3.91. The number of nitriles is 1. The van der Waals surface area contributed by atoms with Crippen LogP contribution in [0.2, 0.25) is 0 Å². The van der Waals surface area contributed by atoms with Crippen molar-refractivity contribution in [3.63, 3.8) is 0 Å². The number of nitrogens with one attached hydrogen (secondary N) is 1. The van der Waals surface area contributed by atoms with E-state index in [9.17, 15) is 14.4 Å². The number of nitrogen functional groups attached to an aromatic ring is 1. The van der Waals surface area contributed by atoms with E-state index in [0.29, 0.717) is 28.2 Å². The first-order chi connectivity index (χ1) is 12.4. The van der Waals surface area contributed by atoms with E-state index in [2.05, 4.69) is 15.0 Å². The highest BCUT2D eigenvalue weighted by molar-refractivity contribution is 5.80. The van der Waals surface area contributed by atoms with Gasteiger partial charge in [-0.2, -0.15) is 5.26 Å². The van der Waals surface area contributed by atoms with Gasteiger partial charge in [0.15, 0.2) is 11.5 Å². The fourth-order valence-electron chi connectivity index (χ4n) is 2.71. The van der Waals surface area contributed by atoms with Gasteiger partial charge in [-0.25, -0.2) is 14.4 Å². The van der Waals surface area contributed by atoms with Gasteiger partial charge < -0.3 is 10.7 Å². The summed E-state index contributed by atoms with van der Waals surface area (Å²) in [5.41, 5.74) is 8.01. The average Bonchev–Trinajstić information content (AvgIpc) is 2.61. The lowest BCUT2D eigenvalue weighted by molar-refractivity contribution is 0.628. The minimum absolute atomic E-state index is 0.0100. The molecule has 0 atom stereocenters. The van der Waals surface area contributed by atoms with Crippen molar-refractivity contribution in [2.45, 2.75) is 19.8 Å². The monoisotopic (exact) mass is 349 g/mol. The van der Waals surface area contributed by atoms with Crippen molar-refractivity contribution in [3.05, 3.63) is 64.0 Å². The molecule has 0 aliphatic heterocycles. The number of hydrogen-bond donors (Lipinski definition) is 2. The number of H-pyrrole nitrogens is 1. The Kier molecular flexibility index (Phi) is 4.50. The third kappa shape index (κ3) is 3.17. The molecule has 3 aromatic rings. The Morgan fingerprint density at radius 2 is 1.96 bits per heavy atom. The Labute approximate surface area is 149 Å². The highest BCUT2D eigenvalue weighted by atomic mass is 19.1. The number of aromatic amines is 1. The molecule has 0 aliphatic rings. The van der Waals surface area contributed by atoms with Crippen LogP contribution in [0.3, 0.4) is 0 Å². The number of hydrogen-bond acceptors (Lipinski definition) is 5. The normalized spacial score (nSPS) is 10.7. The van der Waals surface area contributed by atoms with Gasteiger partial charge in [0.1, 0.15) is 17.6 Å². The molecule has 0 aliphatic carbocycles. The van der Waals surface area contributed by atoms with Crippen LogP contribution in [0.5, 0.6) is 0 Å². The van der Waals surface area contributed by atoms with E-state index in [4.69, 9.17) is 5.73 Å². The molecule has 0 spiro atoms. The Balaban J connectivity index is 2.37. The molecule has 26 heavy (non-hydrogen) atoms. The van der Waals surface area contributed by atoms with Crippen LogP contribution in [0.4, 0.5) is 10.2 Å². The first kappa shape index (κ1) is 17.3. The molecule has 2 heterocycles. The topological polar surface area (TPSA) is 108 Å². The van der Waals surface area contributed by atoms with Crippen LogP contribution in [-0.4, -0.2) is 15.0 Å². The second-order valence-electron chi connectivity index (χ2n) is 6.08. The van der Waals surface area contributed by atoms with Gasteiger partial charge in [0.25, 0.3) is 0 Å². The number of aromatic nitrogens is 3. The molecular weight excluding hydrogens is 333 g/mol. The largest absolute Gasteiger partial charge is 0.381 e. The summed E-state index contributed by atoms with van der Waals surface area (Å²) in [6, 6.07) is 10.8. The molecule has 3 rings (SSSR count). The Bertz CT molecular complexity index is 1080. The maximum atomic E-state index is 13.7. The smallest absolute Gasteiger partial charge is 0.248 e. The molecule has 0 unspecified atom stereocenters. The second kappa shape index (κ2) is 6.76. The molecule has 0 fully saturated rings. The van der Waals surface area contributed by atoms with E-state index in [-0.39, 0.29) is 23.0 Å². The Morgan fingerprint density at radius 3 is 2.62 bits per heavy atom. The first-order valence-corrected chi connectivity index (χ1v) is 7.98. The quantitative estimate of drug-likeness (QED) is 0.755. The fraction of sp³-hybridized carbons (Fsp3) is 0.158. The van der Waals surface area contributed by atoms with Crippen LogP contribution in [-0.2, 0) is 0 Å². The van der Waals surface area contributed by atoms with Crippen LogP contribution in [0.25, 0.3) is 22.5 Å². The summed E-state index contributed by atoms with van der Waals surface area (Å²) in [6.07, 6.45) is 0. The molecule has 3 N–H and O–H groups in total. The molecule has 0 saturated carbocycles. The van der Waals surface area contributed by atoms with Crippen LogP contribution >= 0.6 is 0 Å². The maximum Gasteiger partial charge on any atom is 0.248 e. The SMILES string of the molecule is CC(C)c1[nH]c(=O)ccc1-c1nc(C#N)c(N)nc1-c1cccc(F)c1. The van der Waals surface area contributed by atoms with Gasteiger partial charge in [0, 0.05) is 22.9 Å². The van der Waals surface area contributed by atoms with E-state index >= 15 is 0 Å². The van der Waals surface area contributed by atoms with Gasteiger partial charge >= 0.3 is 0 Å². The number of nitrogens with zero attached hydrogens (tertiary/aromatic N) is 3. The van der Waals surface area contributed by atoms with Crippen LogP contribution in [0.15, 0.2) is 41.2 Å². The number of pyridine rings is 1. The molecular formula is C19H16FN5O. The summed E-state index contributed by atoms with van der Waals surface area (Å²) in [7, 11) is 0. The number of anilines is 1. The van der Waals surface area contributed by atoms with E-state index in [1.54, 1.807) is 18.2 Å². The summed E-state index contributed by atoms with van der Waals surface area (Å²) < 4.78 is 13.7. The zero-order chi connectivity index (χ0) is 18.8. The average molecular weight is 349 g/mol. The number of benzene rings is 1. The summed E-state index contributed by atoms with van der Waals surface area (Å²) in [5, 5.41) is 9.27. The predicted molar refractivity (Wildman–Crippen MR) is 96.7 cm³/mol. The van der Waals surface area contributed by atoms with Crippen LogP contribution in [0.1, 0.15) is 31.2 Å². The van der Waals surface area contributed by atoms with Crippen molar-refractivity contribution >= 4 is 5.82 Å². The maximum absolute atomic E-state index is 13.7. The standard InChI is InChI=1S/C19H16FN5O/c1-10(2)16-13(6-7-15(26)24-16)18-17(11-4-3-5-12(20)8-11)25-19(22)14(9-21)23-18/h3-8,10H,1-2H3,(H2,22,25)(H,24,26). The molecule has 6 nitrogen and oxygen atoms in total. The lowest BCUT2D eigenvalue weighted by Gasteiger charge is -2.15. The van der Waals surface area contributed by atoms with E-state index in [1.165, 1.54) is 18.2 Å². The van der Waals surface area contributed by atoms with Crippen molar-refractivity contribution in [2.75, 3.05) is 5.73 Å². The summed E-state index contributed by atoms with van der Waals surface area (Å²) in [6.45, 7) is 3.85. The van der Waals surface area contributed by atoms with Gasteiger partial charge in [-0.15, -0.1) is 0 Å². The van der Waals surface area contributed by atoms with Crippen molar-refractivity contribution in [3.8, 4) is 28.6 Å². The number of nitrogens with two attached hydrogens (primary N) is 1. The van der Waals surface area contributed by atoms with E-state index < -0.39 is 5.82 Å². The second-order valence-corrected chi connectivity index (χ2v) is 6.08. The first-order valence-electron chi connectivity index (χ1n) is 7.98. The van der Waals surface area contributed by atoms with Gasteiger partial charge in [-0.1, -0.05) is 26.0 Å². The van der Waals surface area contributed by atoms with Gasteiger partial charge in [-0.3, -0.25) is 4.79 Å². The Hall–Kier alpha value is -3.53. The number of halogens is 1. The highest BCUT2D eigenvalue weighted by Crippen LogP contribution is 2.34. The van der Waals surface area contributed by atoms with Gasteiger partial charge in [0.2, 0.25) is 5.56 Å². The third-order valence-electron chi connectivity index (χ3n) is 3.91. The molecule has 130 valence electrons. The summed E-state index contributed by atoms with van der Waals surface area (Å²) in [4.78, 5) is 23.2. The lowest BCUT2D eigenvalue weighted by Crippen LogP contribution is -2.11. The van der Waals surface area contributed by atoms with Crippen molar-refractivity contribution in [2.24, 2.45) is 0 Å². The fourth-order valence-corrected chi connectivity index (χ4v) is 2.71. The van der Waals surface area contributed by atoms with Crippen LogP contribution < -0.4 is 11.3 Å². The van der Waals surface area contributed by atoms with Crippen molar-refractivity contribution < 1.29 is 4.39 Å². The number of rotatable bonds is 3. The highest BCUT2D eigenvalue weighted by Gasteiger charge is 2.19. The van der Waals surface area contributed by atoms with Crippen molar-refractivity contribution in [1.29, 1.82) is 5.26 Å². The van der Waals surface area contributed by atoms with Gasteiger partial charge in [0.05, 0.1) is 5.69 Å². The summed E-state index contributed by atoms with van der Waals surface area (Å²) in [5.74, 6) is -0.473. The van der Waals surface area contributed by atoms with Crippen molar-refractivity contribution in [1.82, 2.24) is 15.0 Å². The van der Waals surface area contributed by atoms with E-state index in [1.807, 2.05) is 19.9 Å². The predicted octanol–water partition coefficient (Wildman–Crippen LogP) is 3.22. The van der Waals surface area contributed by atoms with Crippen LogP contribution in [0, 0.1) is 17.1 Å². The zero-order valence-corrected chi connectivity index (χ0v) is 14.2. The molecule has 1 aromatic carbocycles. The molecule has 2 aromatic heterocycles. The molecule has 0 radical (unpaired) electrons. The summed E-state index contributed by atoms with van der Waals surface area (Å²) >= 11 is 0. The minimum Gasteiger partial charge on any atom is -0.381 e. The zero-order valence-electron chi connectivity index (χ0n) is 14.2. The molecule has 0 bridgehead atoms. The Morgan fingerprint density at radius 1 is 1.19 bits per heavy atom. The molecule has 7 heteroatoms. The molecule has 0 saturated heterocycles. The minimum atomic E-state index is -0.427.